The van der Waals surface area contributed by atoms with Gasteiger partial charge in [0, 0.05) is 39.9 Å². The van der Waals surface area contributed by atoms with Crippen molar-refractivity contribution in [3.8, 4) is 0 Å². The van der Waals surface area contributed by atoms with Gasteiger partial charge < -0.3 is 23.8 Å². The quantitative estimate of drug-likeness (QED) is 0.492. The summed E-state index contributed by atoms with van der Waals surface area (Å²) in [6, 6.07) is 0. The summed E-state index contributed by atoms with van der Waals surface area (Å²) in [7, 11) is 5.83. The highest BCUT2D eigenvalue weighted by molar-refractivity contribution is 5.98. The molecule has 0 fully saturated rings. The van der Waals surface area contributed by atoms with Crippen LogP contribution < -0.4 is 5.32 Å². The molecule has 0 spiro atoms. The summed E-state index contributed by atoms with van der Waals surface area (Å²) < 4.78 is 20.5. The van der Waals surface area contributed by atoms with E-state index in [0.717, 1.165) is 11.1 Å². The van der Waals surface area contributed by atoms with Gasteiger partial charge in [0.05, 0.1) is 19.8 Å². The molecule has 2 aliphatic rings. The van der Waals surface area contributed by atoms with Crippen LogP contribution in [-0.2, 0) is 28.5 Å². The molecule has 0 aromatic heterocycles. The molecule has 1 N–H and O–H groups in total. The zero-order chi connectivity index (χ0) is 18.6. The Kier molecular flexibility index (Phi) is 6.34. The van der Waals surface area contributed by atoms with Crippen molar-refractivity contribution in [1.29, 1.82) is 0 Å². The van der Waals surface area contributed by atoms with Crippen LogP contribution in [0.5, 0.6) is 0 Å². The third kappa shape index (κ3) is 4.09. The fourth-order valence-electron chi connectivity index (χ4n) is 3.11. The normalized spacial score (nSPS) is 22.4. The molecule has 25 heavy (non-hydrogen) atoms. The Morgan fingerprint density at radius 2 is 2.04 bits per heavy atom. The molecule has 0 aromatic carbocycles. The van der Waals surface area contributed by atoms with E-state index in [-0.39, 0.29) is 18.6 Å². The number of nitrogens with one attached hydrogen (secondary N) is 1. The van der Waals surface area contributed by atoms with Crippen LogP contribution in [0.25, 0.3) is 0 Å². The first kappa shape index (κ1) is 19.6. The molecular formula is C17H26N2O6. The number of rotatable bonds is 8. The van der Waals surface area contributed by atoms with Gasteiger partial charge in [0.25, 0.3) is 5.91 Å². The minimum absolute atomic E-state index is 0.0929. The third-order valence-corrected chi connectivity index (χ3v) is 4.52. The van der Waals surface area contributed by atoms with Crippen molar-refractivity contribution in [2.24, 2.45) is 0 Å². The number of carbonyl (C=O) groups excluding carboxylic acids is 2. The largest absolute Gasteiger partial charge is 0.468 e. The molecule has 1 unspecified atom stereocenters. The second-order valence-electron chi connectivity index (χ2n) is 6.27. The SMILES string of the molecule is COC(=O)[C@@](C)(CN1CC2=C(CC(OC)C=C2)C1=O)NC(OC)OC. The summed E-state index contributed by atoms with van der Waals surface area (Å²) in [6.45, 7) is 2.22. The van der Waals surface area contributed by atoms with Gasteiger partial charge in [0.2, 0.25) is 6.41 Å². The molecule has 1 aliphatic heterocycles. The average Bonchev–Trinajstić information content (AvgIpc) is 2.93. The maximum atomic E-state index is 12.8. The molecule has 0 radical (unpaired) electrons. The molecular weight excluding hydrogens is 328 g/mol. The van der Waals surface area contributed by atoms with Gasteiger partial charge in [0.1, 0.15) is 5.54 Å². The highest BCUT2D eigenvalue weighted by atomic mass is 16.7. The first-order valence-electron chi connectivity index (χ1n) is 8.02. The number of amides is 1. The van der Waals surface area contributed by atoms with Crippen molar-refractivity contribution in [3.63, 3.8) is 0 Å². The molecule has 0 aromatic rings. The Balaban J connectivity index is 2.14. The number of nitrogens with zero attached hydrogens (tertiary/aromatic N) is 1. The Bertz CT molecular complexity index is 584. The van der Waals surface area contributed by atoms with Crippen molar-refractivity contribution in [2.75, 3.05) is 41.5 Å². The molecule has 0 bridgehead atoms. The molecule has 0 saturated heterocycles. The Labute approximate surface area is 147 Å². The molecule has 8 nitrogen and oxygen atoms in total. The van der Waals surface area contributed by atoms with E-state index in [1.807, 2.05) is 12.2 Å². The predicted molar refractivity (Wildman–Crippen MR) is 89.5 cm³/mol. The topological polar surface area (TPSA) is 86.3 Å². The summed E-state index contributed by atoms with van der Waals surface area (Å²) in [5.41, 5.74) is 0.511. The van der Waals surface area contributed by atoms with Gasteiger partial charge >= 0.3 is 5.97 Å². The third-order valence-electron chi connectivity index (χ3n) is 4.52. The monoisotopic (exact) mass is 354 g/mol. The van der Waals surface area contributed by atoms with Gasteiger partial charge in [0.15, 0.2) is 0 Å². The zero-order valence-electron chi connectivity index (χ0n) is 15.3. The lowest BCUT2D eigenvalue weighted by atomic mass is 9.98. The van der Waals surface area contributed by atoms with E-state index in [9.17, 15) is 9.59 Å². The summed E-state index contributed by atoms with van der Waals surface area (Å²) >= 11 is 0. The zero-order valence-corrected chi connectivity index (χ0v) is 15.3. The van der Waals surface area contributed by atoms with Crippen molar-refractivity contribution in [2.45, 2.75) is 31.4 Å². The average molecular weight is 354 g/mol. The van der Waals surface area contributed by atoms with Crippen molar-refractivity contribution in [1.82, 2.24) is 10.2 Å². The van der Waals surface area contributed by atoms with Gasteiger partial charge in [-0.1, -0.05) is 12.2 Å². The summed E-state index contributed by atoms with van der Waals surface area (Å²) in [6.07, 6.45) is 3.50. The molecule has 2 rings (SSSR count). The molecule has 2 atom stereocenters. The summed E-state index contributed by atoms with van der Waals surface area (Å²) in [5, 5.41) is 2.96. The van der Waals surface area contributed by atoms with Crippen LogP contribution in [0.1, 0.15) is 13.3 Å². The van der Waals surface area contributed by atoms with E-state index in [4.69, 9.17) is 18.9 Å². The first-order chi connectivity index (χ1) is 11.9. The van der Waals surface area contributed by atoms with Crippen molar-refractivity contribution in [3.05, 3.63) is 23.3 Å². The van der Waals surface area contributed by atoms with E-state index >= 15 is 0 Å². The van der Waals surface area contributed by atoms with E-state index in [0.29, 0.717) is 13.0 Å². The van der Waals surface area contributed by atoms with Crippen LogP contribution in [0.2, 0.25) is 0 Å². The van der Waals surface area contributed by atoms with Crippen LogP contribution in [0.15, 0.2) is 23.3 Å². The molecule has 140 valence electrons. The fourth-order valence-corrected chi connectivity index (χ4v) is 3.11. The molecule has 1 aliphatic carbocycles. The van der Waals surface area contributed by atoms with Crippen LogP contribution in [0, 0.1) is 0 Å². The molecule has 1 amide bonds. The number of hydrogen-bond donors (Lipinski definition) is 1. The summed E-state index contributed by atoms with van der Waals surface area (Å²) in [4.78, 5) is 26.7. The first-order valence-corrected chi connectivity index (χ1v) is 8.02. The Morgan fingerprint density at radius 1 is 1.36 bits per heavy atom. The van der Waals surface area contributed by atoms with E-state index < -0.39 is 17.9 Å². The van der Waals surface area contributed by atoms with Crippen molar-refractivity contribution >= 4 is 11.9 Å². The van der Waals surface area contributed by atoms with Gasteiger partial charge in [-0.15, -0.1) is 0 Å². The number of ether oxygens (including phenoxy) is 4. The number of esters is 1. The van der Waals surface area contributed by atoms with Crippen LogP contribution in [-0.4, -0.2) is 76.4 Å². The summed E-state index contributed by atoms with van der Waals surface area (Å²) in [5.74, 6) is -0.598. The predicted octanol–water partition coefficient (Wildman–Crippen LogP) is 0.198. The molecule has 8 heteroatoms. The maximum absolute atomic E-state index is 12.8. The van der Waals surface area contributed by atoms with E-state index in [1.54, 1.807) is 18.9 Å². The smallest absolute Gasteiger partial charge is 0.327 e. The highest BCUT2D eigenvalue weighted by Gasteiger charge is 2.42. The van der Waals surface area contributed by atoms with Crippen LogP contribution >= 0.6 is 0 Å². The van der Waals surface area contributed by atoms with Crippen molar-refractivity contribution < 1.29 is 28.5 Å². The van der Waals surface area contributed by atoms with Gasteiger partial charge in [-0.25, -0.2) is 4.79 Å². The second-order valence-corrected chi connectivity index (χ2v) is 6.27. The fraction of sp³-hybridized carbons (Fsp3) is 0.647. The lowest BCUT2D eigenvalue weighted by Crippen LogP contribution is -2.61. The number of methoxy groups -OCH3 is 4. The second kappa shape index (κ2) is 8.09. The lowest BCUT2D eigenvalue weighted by molar-refractivity contribution is -0.166. The molecule has 0 saturated carbocycles. The minimum atomic E-state index is -1.18. The number of carbonyl (C=O) groups is 2. The van der Waals surface area contributed by atoms with E-state index in [1.165, 1.54) is 21.3 Å². The minimum Gasteiger partial charge on any atom is -0.468 e. The number of hydrogen-bond acceptors (Lipinski definition) is 7. The van der Waals surface area contributed by atoms with Crippen LogP contribution in [0.3, 0.4) is 0 Å². The van der Waals surface area contributed by atoms with Gasteiger partial charge in [-0.3, -0.25) is 10.1 Å². The van der Waals surface area contributed by atoms with Crippen LogP contribution in [0.4, 0.5) is 0 Å². The maximum Gasteiger partial charge on any atom is 0.327 e. The lowest BCUT2D eigenvalue weighted by Gasteiger charge is -2.34. The van der Waals surface area contributed by atoms with Gasteiger partial charge in [-0.05, 0) is 12.5 Å². The Hall–Kier alpha value is -1.74. The standard InChI is InChI=1S/C17H26N2O6/c1-17(15(21)23-3,18-16(24-4)25-5)10-19-9-11-6-7-12(22-2)8-13(11)14(19)20/h6-7,12,16,18H,8-10H2,1-5H3/t12?,17-/m1/s1. The Morgan fingerprint density at radius 3 is 2.60 bits per heavy atom. The van der Waals surface area contributed by atoms with E-state index in [2.05, 4.69) is 5.32 Å². The van der Waals surface area contributed by atoms with Gasteiger partial charge in [-0.2, -0.15) is 0 Å². The highest BCUT2D eigenvalue weighted by Crippen LogP contribution is 2.30. The molecule has 1 heterocycles.